The summed E-state index contributed by atoms with van der Waals surface area (Å²) in [6.07, 6.45) is 0. The summed E-state index contributed by atoms with van der Waals surface area (Å²) >= 11 is -0.722. The van der Waals surface area contributed by atoms with Gasteiger partial charge in [0.2, 0.25) is 0 Å². The summed E-state index contributed by atoms with van der Waals surface area (Å²) in [5.74, 6) is -0.711. The second-order valence-electron chi connectivity index (χ2n) is 1.88. The van der Waals surface area contributed by atoms with Crippen molar-refractivity contribution in [2.45, 2.75) is 6.92 Å². The highest BCUT2D eigenvalue weighted by Gasteiger charge is 2.36. The second kappa shape index (κ2) is 4.02. The van der Waals surface area contributed by atoms with Gasteiger partial charge in [0.1, 0.15) is 11.1 Å². The number of rotatable bonds is 4. The van der Waals surface area contributed by atoms with Gasteiger partial charge in [0.25, 0.3) is 8.87 Å². The van der Waals surface area contributed by atoms with Crippen molar-refractivity contribution in [2.75, 3.05) is 5.75 Å². The molecule has 4 N–H and O–H groups in total. The molecule has 0 aliphatic rings. The van der Waals surface area contributed by atoms with E-state index in [-0.39, 0.29) is 0 Å². The van der Waals surface area contributed by atoms with E-state index in [4.69, 9.17) is 18.2 Å². The molecule has 0 bridgehead atoms. The molecule has 0 fully saturated rings. The Bertz CT molecular complexity index is 315. The van der Waals surface area contributed by atoms with Crippen LogP contribution in [0.4, 0.5) is 0 Å². The summed E-state index contributed by atoms with van der Waals surface area (Å²) in [6, 6.07) is 0. The number of hydrogen-bond acceptors (Lipinski definition) is 7. The third-order valence-electron chi connectivity index (χ3n) is 1.12. The van der Waals surface area contributed by atoms with Crippen LogP contribution in [0.1, 0.15) is 6.92 Å². The predicted octanol–water partition coefficient (Wildman–Crippen LogP) is 0.613. The van der Waals surface area contributed by atoms with Crippen molar-refractivity contribution < 1.29 is 30.8 Å². The summed E-state index contributed by atoms with van der Waals surface area (Å²) in [5.41, 5.74) is 0. The van der Waals surface area contributed by atoms with Crippen molar-refractivity contribution in [3.05, 3.63) is 0 Å². The van der Waals surface area contributed by atoms with Crippen molar-refractivity contribution in [3.8, 4) is 0 Å². The standard InChI is InChI=1S/C2H10O7S4/c1-2-11(4,5)13(8,9)12(6,7)10-3/h3,6-7,13H,2H2,1H3,(H,8,9). The maximum Gasteiger partial charge on any atom is 0.257 e. The quantitative estimate of drug-likeness (QED) is 0.286. The van der Waals surface area contributed by atoms with Crippen molar-refractivity contribution >= 4 is 36.9 Å². The SMILES string of the molecule is CCS(=O)(=O)[SH](=O)(O)S(O)(O)SO. The molecule has 0 aromatic rings. The molecule has 0 saturated carbocycles. The summed E-state index contributed by atoms with van der Waals surface area (Å²) < 4.78 is 67.5. The van der Waals surface area contributed by atoms with Gasteiger partial charge < -0.3 is 4.55 Å². The fraction of sp³-hybridized carbons (Fsp3) is 1.00. The molecule has 0 aliphatic heterocycles. The number of thiol groups is 1. The maximum atomic E-state index is 11.0. The molecule has 0 spiro atoms. The molecule has 0 atom stereocenters. The molecule has 7 nitrogen and oxygen atoms in total. The van der Waals surface area contributed by atoms with E-state index in [2.05, 4.69) is 0 Å². The van der Waals surface area contributed by atoms with Crippen LogP contribution in [-0.4, -0.2) is 36.6 Å². The van der Waals surface area contributed by atoms with Crippen LogP contribution in [0.15, 0.2) is 0 Å². The average Bonchev–Trinajstić information content (AvgIpc) is 2.03. The van der Waals surface area contributed by atoms with Crippen molar-refractivity contribution in [1.29, 1.82) is 0 Å². The van der Waals surface area contributed by atoms with E-state index in [0.717, 1.165) is 6.92 Å². The van der Waals surface area contributed by atoms with Crippen LogP contribution < -0.4 is 0 Å². The van der Waals surface area contributed by atoms with Gasteiger partial charge >= 0.3 is 0 Å². The number of hydrogen-bond donors (Lipinski definition) is 5. The largest absolute Gasteiger partial charge is 0.312 e. The molecule has 0 saturated heterocycles. The summed E-state index contributed by atoms with van der Waals surface area (Å²) in [7, 11) is -14.2. The Hall–Kier alpha value is 0.640. The normalized spacial score (nSPS) is 17.0. The van der Waals surface area contributed by atoms with Gasteiger partial charge in [-0.15, -0.1) is 0 Å². The van der Waals surface area contributed by atoms with Crippen molar-refractivity contribution in [3.63, 3.8) is 0 Å². The smallest absolute Gasteiger partial charge is 0.257 e. The highest BCUT2D eigenvalue weighted by atomic mass is 33.8. The predicted molar refractivity (Wildman–Crippen MR) is 54.7 cm³/mol. The Morgan fingerprint density at radius 3 is 2.00 bits per heavy atom. The Balaban J connectivity index is 5.35. The lowest BCUT2D eigenvalue weighted by Gasteiger charge is -2.38. The van der Waals surface area contributed by atoms with Gasteiger partial charge in [-0.25, -0.2) is 8.42 Å². The van der Waals surface area contributed by atoms with Crippen molar-refractivity contribution in [1.82, 2.24) is 0 Å². The highest BCUT2D eigenvalue weighted by Crippen LogP contribution is 2.61. The average molecular weight is 274 g/mol. The van der Waals surface area contributed by atoms with Gasteiger partial charge in [-0.1, -0.05) is 0 Å². The molecule has 0 unspecified atom stereocenters. The van der Waals surface area contributed by atoms with Gasteiger partial charge in [0.05, 0.1) is 5.75 Å². The molecule has 0 radical (unpaired) electrons. The zero-order chi connectivity index (χ0) is 10.9. The lowest BCUT2D eigenvalue weighted by Crippen LogP contribution is -2.28. The minimum Gasteiger partial charge on any atom is -0.312 e. The zero-order valence-electron chi connectivity index (χ0n) is 6.39. The molecule has 0 aliphatic carbocycles. The van der Waals surface area contributed by atoms with E-state index in [1.165, 1.54) is 0 Å². The monoisotopic (exact) mass is 274 g/mol. The van der Waals surface area contributed by atoms with Crippen LogP contribution in [0.2, 0.25) is 0 Å². The van der Waals surface area contributed by atoms with Gasteiger partial charge in [-0.2, -0.15) is 4.21 Å². The molecule has 11 heteroatoms. The van der Waals surface area contributed by atoms with Gasteiger partial charge in [0, 0.05) is 0 Å². The molecule has 13 heavy (non-hydrogen) atoms. The van der Waals surface area contributed by atoms with Crippen LogP contribution in [0.3, 0.4) is 0 Å². The Morgan fingerprint density at radius 1 is 1.38 bits per heavy atom. The van der Waals surface area contributed by atoms with Crippen LogP contribution in [0.25, 0.3) is 0 Å². The van der Waals surface area contributed by atoms with E-state index in [1.54, 1.807) is 0 Å². The third kappa shape index (κ3) is 2.36. The van der Waals surface area contributed by atoms with E-state index < -0.39 is 42.6 Å². The molecule has 0 aromatic heterocycles. The highest BCUT2D eigenvalue weighted by molar-refractivity contribution is 9.31. The molecule has 0 rings (SSSR count). The first kappa shape index (κ1) is 13.6. The first-order valence-electron chi connectivity index (χ1n) is 2.79. The summed E-state index contributed by atoms with van der Waals surface area (Å²) in [6.45, 7) is 1.08. The summed E-state index contributed by atoms with van der Waals surface area (Å²) in [4.78, 5) is 0. The van der Waals surface area contributed by atoms with Gasteiger partial charge in [0.15, 0.2) is 0 Å². The maximum absolute atomic E-state index is 11.0. The molecule has 84 valence electrons. The lowest BCUT2D eigenvalue weighted by molar-refractivity contribution is 0.501. The Morgan fingerprint density at radius 2 is 1.77 bits per heavy atom. The molecular formula is C2H10O7S4. The fourth-order valence-corrected chi connectivity index (χ4v) is 10.8. The van der Waals surface area contributed by atoms with Gasteiger partial charge in [-0.05, 0) is 23.9 Å². The van der Waals surface area contributed by atoms with Crippen LogP contribution >= 0.6 is 19.7 Å². The van der Waals surface area contributed by atoms with E-state index in [0.29, 0.717) is 0 Å². The fourth-order valence-electron chi connectivity index (χ4n) is 0.353. The summed E-state index contributed by atoms with van der Waals surface area (Å²) in [5, 5.41) is 0. The molecule has 0 amide bonds. The second-order valence-corrected chi connectivity index (χ2v) is 15.1. The lowest BCUT2D eigenvalue weighted by atomic mass is 11.0. The first-order chi connectivity index (χ1) is 5.62. The van der Waals surface area contributed by atoms with E-state index in [1.807, 2.05) is 0 Å². The van der Waals surface area contributed by atoms with Crippen LogP contribution in [0, 0.1) is 0 Å². The zero-order valence-corrected chi connectivity index (χ0v) is 9.74. The van der Waals surface area contributed by atoms with E-state index in [9.17, 15) is 12.6 Å². The Labute approximate surface area is 80.5 Å². The van der Waals surface area contributed by atoms with Gasteiger partial charge in [-0.3, -0.25) is 13.7 Å². The molecule has 0 heterocycles. The van der Waals surface area contributed by atoms with Crippen molar-refractivity contribution in [2.24, 2.45) is 0 Å². The Kier molecular flexibility index (Phi) is 4.22. The molecule has 0 aromatic carbocycles. The van der Waals surface area contributed by atoms with Crippen LogP contribution in [0.5, 0.6) is 0 Å². The van der Waals surface area contributed by atoms with E-state index >= 15 is 0 Å². The molecular weight excluding hydrogens is 264 g/mol. The topological polar surface area (TPSA) is 132 Å². The minimum atomic E-state index is -5.22. The minimum absolute atomic E-state index is 0.711. The van der Waals surface area contributed by atoms with Crippen LogP contribution in [-0.2, 0) is 17.1 Å². The first-order valence-corrected chi connectivity index (χ1v) is 10.2. The third-order valence-corrected chi connectivity index (χ3v) is 15.8.